The van der Waals surface area contributed by atoms with Crippen molar-refractivity contribution in [2.24, 2.45) is 0 Å². The Hall–Kier alpha value is -1.21. The van der Waals surface area contributed by atoms with Crippen molar-refractivity contribution in [3.63, 3.8) is 0 Å². The Morgan fingerprint density at radius 1 is 1.38 bits per heavy atom. The summed E-state index contributed by atoms with van der Waals surface area (Å²) in [6, 6.07) is 1.75. The highest BCUT2D eigenvalue weighted by atomic mass is 32.2. The molecule has 0 fully saturated rings. The van der Waals surface area contributed by atoms with E-state index in [0.29, 0.717) is 5.82 Å². The Morgan fingerprint density at radius 2 is 2.19 bits per heavy atom. The Bertz CT molecular complexity index is 469. The molecule has 2 aromatic heterocycles. The Balaban J connectivity index is 2.27. The van der Waals surface area contributed by atoms with Crippen LogP contribution in [0, 0.1) is 0 Å². The SMILES string of the molecule is CC(C)c1nc(N)cc(Sc2ncns2)n1. The molecule has 16 heavy (non-hydrogen) atoms. The highest BCUT2D eigenvalue weighted by Gasteiger charge is 2.08. The maximum atomic E-state index is 5.73. The van der Waals surface area contributed by atoms with Crippen LogP contribution in [-0.2, 0) is 0 Å². The van der Waals surface area contributed by atoms with Crippen molar-refractivity contribution in [3.05, 3.63) is 18.2 Å². The fourth-order valence-electron chi connectivity index (χ4n) is 1.07. The van der Waals surface area contributed by atoms with Gasteiger partial charge in [-0.1, -0.05) is 13.8 Å². The van der Waals surface area contributed by atoms with E-state index < -0.39 is 0 Å². The van der Waals surface area contributed by atoms with Crippen LogP contribution in [0.1, 0.15) is 25.6 Å². The predicted octanol–water partition coefficient (Wildman–Crippen LogP) is 2.18. The van der Waals surface area contributed by atoms with E-state index in [1.807, 2.05) is 13.8 Å². The lowest BCUT2D eigenvalue weighted by molar-refractivity contribution is 0.756. The van der Waals surface area contributed by atoms with Gasteiger partial charge in [0.25, 0.3) is 0 Å². The van der Waals surface area contributed by atoms with Crippen molar-refractivity contribution in [1.82, 2.24) is 19.3 Å². The maximum Gasteiger partial charge on any atom is 0.175 e. The molecule has 0 saturated heterocycles. The molecule has 0 spiro atoms. The molecule has 5 nitrogen and oxygen atoms in total. The summed E-state index contributed by atoms with van der Waals surface area (Å²) in [5.41, 5.74) is 5.73. The second kappa shape index (κ2) is 4.75. The second-order valence-corrected chi connectivity index (χ2v) is 5.50. The summed E-state index contributed by atoms with van der Waals surface area (Å²) >= 11 is 2.79. The van der Waals surface area contributed by atoms with E-state index in [4.69, 9.17) is 5.73 Å². The van der Waals surface area contributed by atoms with Gasteiger partial charge in [0.2, 0.25) is 0 Å². The van der Waals surface area contributed by atoms with Crippen LogP contribution in [0.5, 0.6) is 0 Å². The van der Waals surface area contributed by atoms with E-state index >= 15 is 0 Å². The number of nitrogen functional groups attached to an aromatic ring is 1. The number of nitrogens with zero attached hydrogens (tertiary/aromatic N) is 4. The number of nitrogens with two attached hydrogens (primary N) is 1. The van der Waals surface area contributed by atoms with E-state index in [1.54, 1.807) is 6.07 Å². The molecule has 0 amide bonds. The molecule has 0 atom stereocenters. The third kappa shape index (κ3) is 2.67. The minimum atomic E-state index is 0.261. The average Bonchev–Trinajstić information content (AvgIpc) is 2.69. The van der Waals surface area contributed by atoms with Crippen LogP contribution >= 0.6 is 23.3 Å². The van der Waals surface area contributed by atoms with Crippen molar-refractivity contribution in [2.75, 3.05) is 5.73 Å². The molecule has 84 valence electrons. The molecule has 2 aromatic rings. The van der Waals surface area contributed by atoms with Crippen molar-refractivity contribution < 1.29 is 0 Å². The van der Waals surface area contributed by atoms with Crippen molar-refractivity contribution in [3.8, 4) is 0 Å². The van der Waals surface area contributed by atoms with Gasteiger partial charge in [-0.3, -0.25) is 0 Å². The zero-order valence-electron chi connectivity index (χ0n) is 8.91. The Morgan fingerprint density at radius 3 is 2.81 bits per heavy atom. The van der Waals surface area contributed by atoms with Gasteiger partial charge >= 0.3 is 0 Å². The van der Waals surface area contributed by atoms with Crippen LogP contribution in [0.25, 0.3) is 0 Å². The van der Waals surface area contributed by atoms with Gasteiger partial charge in [-0.25, -0.2) is 15.0 Å². The number of anilines is 1. The minimum Gasteiger partial charge on any atom is -0.384 e. The normalized spacial score (nSPS) is 10.9. The molecule has 7 heteroatoms. The lowest BCUT2D eigenvalue weighted by Crippen LogP contribution is -2.02. The van der Waals surface area contributed by atoms with Gasteiger partial charge < -0.3 is 5.73 Å². The molecule has 0 aliphatic heterocycles. The van der Waals surface area contributed by atoms with Crippen LogP contribution in [0.3, 0.4) is 0 Å². The first kappa shape index (κ1) is 11.3. The van der Waals surface area contributed by atoms with Gasteiger partial charge in [-0.05, 0) is 23.3 Å². The van der Waals surface area contributed by atoms with Crippen LogP contribution < -0.4 is 5.73 Å². The summed E-state index contributed by atoms with van der Waals surface area (Å²) in [5, 5.41) is 0.813. The molecule has 2 heterocycles. The summed E-state index contributed by atoms with van der Waals surface area (Å²) in [6.07, 6.45) is 1.53. The van der Waals surface area contributed by atoms with Gasteiger partial charge in [-0.15, -0.1) is 0 Å². The van der Waals surface area contributed by atoms with Crippen molar-refractivity contribution >= 4 is 29.1 Å². The van der Waals surface area contributed by atoms with Gasteiger partial charge in [0.05, 0.1) is 0 Å². The highest BCUT2D eigenvalue weighted by Crippen LogP contribution is 2.28. The smallest absolute Gasteiger partial charge is 0.175 e. The lowest BCUT2D eigenvalue weighted by atomic mass is 10.2. The predicted molar refractivity (Wildman–Crippen MR) is 64.6 cm³/mol. The summed E-state index contributed by atoms with van der Waals surface area (Å²) in [6.45, 7) is 4.07. The first-order chi connectivity index (χ1) is 7.65. The van der Waals surface area contributed by atoms with Gasteiger partial charge in [0.15, 0.2) is 4.34 Å². The van der Waals surface area contributed by atoms with Crippen LogP contribution in [0.4, 0.5) is 5.82 Å². The molecule has 0 aromatic carbocycles. The first-order valence-electron chi connectivity index (χ1n) is 4.74. The lowest BCUT2D eigenvalue weighted by Gasteiger charge is -2.06. The third-order valence-electron chi connectivity index (χ3n) is 1.79. The number of rotatable bonds is 3. The highest BCUT2D eigenvalue weighted by molar-refractivity contribution is 8.00. The minimum absolute atomic E-state index is 0.261. The van der Waals surface area contributed by atoms with Crippen molar-refractivity contribution in [2.45, 2.75) is 29.1 Å². The topological polar surface area (TPSA) is 77.6 Å². The standard InChI is InChI=1S/C9H11N5S2/c1-5(2)8-13-6(10)3-7(14-8)15-9-11-4-12-16-9/h3-5H,1-2H3,(H2,10,13,14). The van der Waals surface area contributed by atoms with E-state index in [9.17, 15) is 0 Å². The van der Waals surface area contributed by atoms with Gasteiger partial charge in [0, 0.05) is 12.0 Å². The van der Waals surface area contributed by atoms with E-state index in [0.717, 1.165) is 15.2 Å². The van der Waals surface area contributed by atoms with Gasteiger partial charge in [-0.2, -0.15) is 4.37 Å². The molecule has 0 aliphatic carbocycles. The Labute approximate surface area is 102 Å². The second-order valence-electron chi connectivity index (χ2n) is 3.45. The molecule has 0 aliphatic rings. The molecule has 0 radical (unpaired) electrons. The first-order valence-corrected chi connectivity index (χ1v) is 6.33. The third-order valence-corrected chi connectivity index (χ3v) is 3.42. The zero-order chi connectivity index (χ0) is 11.5. The summed E-state index contributed by atoms with van der Waals surface area (Å²) < 4.78 is 4.79. The number of hydrogen-bond donors (Lipinski definition) is 1. The summed E-state index contributed by atoms with van der Waals surface area (Å²) in [5.74, 6) is 1.51. The number of aromatic nitrogens is 4. The quantitative estimate of drug-likeness (QED) is 0.845. The van der Waals surface area contributed by atoms with Crippen LogP contribution in [0.15, 0.2) is 21.8 Å². The van der Waals surface area contributed by atoms with E-state index in [2.05, 4.69) is 19.3 Å². The summed E-state index contributed by atoms with van der Waals surface area (Å²) in [4.78, 5) is 12.7. The van der Waals surface area contributed by atoms with Crippen LogP contribution in [0.2, 0.25) is 0 Å². The monoisotopic (exact) mass is 253 g/mol. The Kier molecular flexibility index (Phi) is 3.35. The average molecular weight is 253 g/mol. The molecule has 0 unspecified atom stereocenters. The molecular formula is C9H11N5S2. The van der Waals surface area contributed by atoms with Crippen molar-refractivity contribution in [1.29, 1.82) is 0 Å². The van der Waals surface area contributed by atoms with Gasteiger partial charge in [0.1, 0.15) is 23.0 Å². The zero-order valence-corrected chi connectivity index (χ0v) is 10.5. The largest absolute Gasteiger partial charge is 0.384 e. The molecule has 0 bridgehead atoms. The number of hydrogen-bond acceptors (Lipinski definition) is 7. The molecular weight excluding hydrogens is 242 g/mol. The fourth-order valence-corrected chi connectivity index (χ4v) is 2.48. The van der Waals surface area contributed by atoms with E-state index in [-0.39, 0.29) is 5.92 Å². The van der Waals surface area contributed by atoms with Crippen LogP contribution in [-0.4, -0.2) is 19.3 Å². The van der Waals surface area contributed by atoms with E-state index in [1.165, 1.54) is 29.6 Å². The maximum absolute atomic E-state index is 5.73. The molecule has 2 N–H and O–H groups in total. The fraction of sp³-hybridized carbons (Fsp3) is 0.333. The molecule has 0 saturated carbocycles. The summed E-state index contributed by atoms with van der Waals surface area (Å²) in [7, 11) is 0. The molecule has 2 rings (SSSR count).